The predicted molar refractivity (Wildman–Crippen MR) is 103 cm³/mol. The Morgan fingerprint density at radius 3 is 2.65 bits per heavy atom. The summed E-state index contributed by atoms with van der Waals surface area (Å²) in [5.74, 6) is 1.53. The Morgan fingerprint density at radius 1 is 1.08 bits per heavy atom. The molecule has 1 aliphatic heterocycles. The summed E-state index contributed by atoms with van der Waals surface area (Å²) in [7, 11) is 0. The number of halogens is 1. The highest BCUT2D eigenvalue weighted by Gasteiger charge is 2.35. The van der Waals surface area contributed by atoms with Crippen molar-refractivity contribution in [3.63, 3.8) is 0 Å². The topological polar surface area (TPSA) is 38.1 Å². The van der Waals surface area contributed by atoms with Crippen molar-refractivity contribution >= 4 is 28.5 Å². The molecule has 0 radical (unpaired) electrons. The highest BCUT2D eigenvalue weighted by Crippen LogP contribution is 2.36. The van der Waals surface area contributed by atoms with E-state index in [2.05, 4.69) is 4.98 Å². The quantitative estimate of drug-likeness (QED) is 0.668. The number of hydrogen-bond acceptors (Lipinski definition) is 2. The third kappa shape index (κ3) is 2.69. The molecule has 1 saturated heterocycles. The van der Waals surface area contributed by atoms with Gasteiger partial charge in [-0.15, -0.1) is 0 Å². The van der Waals surface area contributed by atoms with E-state index in [4.69, 9.17) is 11.6 Å². The number of nitrogens with zero attached hydrogens (tertiary/aromatic N) is 3. The van der Waals surface area contributed by atoms with Gasteiger partial charge in [-0.1, -0.05) is 17.7 Å². The van der Waals surface area contributed by atoms with Crippen LogP contribution in [0.15, 0.2) is 48.8 Å². The van der Waals surface area contributed by atoms with Crippen LogP contribution in [-0.2, 0) is 0 Å². The average molecular weight is 366 g/mol. The van der Waals surface area contributed by atoms with Gasteiger partial charge in [-0.25, -0.2) is 4.98 Å². The van der Waals surface area contributed by atoms with Crippen molar-refractivity contribution in [1.29, 1.82) is 0 Å². The number of carbonyl (C=O) groups is 1. The van der Waals surface area contributed by atoms with Crippen LogP contribution in [0.1, 0.15) is 29.6 Å². The van der Waals surface area contributed by atoms with Crippen molar-refractivity contribution in [2.75, 3.05) is 13.1 Å². The summed E-state index contributed by atoms with van der Waals surface area (Å²) >= 11 is 6.11. The number of hydrogen-bond donors (Lipinski definition) is 0. The van der Waals surface area contributed by atoms with E-state index < -0.39 is 0 Å². The number of likely N-dealkylation sites (tertiary alicyclic amines) is 1. The van der Waals surface area contributed by atoms with Gasteiger partial charge in [0.2, 0.25) is 0 Å². The second kappa shape index (κ2) is 6.13. The number of benzene rings is 2. The summed E-state index contributed by atoms with van der Waals surface area (Å²) in [6.07, 6.45) is 5.63. The lowest BCUT2D eigenvalue weighted by Crippen LogP contribution is -2.40. The maximum atomic E-state index is 13.0. The fraction of sp³-hybridized carbons (Fsp3) is 0.333. The Morgan fingerprint density at radius 2 is 1.88 bits per heavy atom. The lowest BCUT2D eigenvalue weighted by atomic mass is 9.98. The molecule has 4 nitrogen and oxygen atoms in total. The maximum absolute atomic E-state index is 13.0. The molecule has 5 heteroatoms. The molecule has 0 N–H and O–H groups in total. The molecule has 0 spiro atoms. The Bertz CT molecular complexity index is 984. The minimum atomic E-state index is 0.140. The SMILES string of the molecule is O=C(c1ccc2c(c1)ncn2-c1cccc(Cl)c1)N1CC2CCC(C2)C1. The average Bonchev–Trinajstić information content (AvgIpc) is 3.23. The van der Waals surface area contributed by atoms with E-state index in [9.17, 15) is 4.79 Å². The fourth-order valence-corrected chi connectivity index (χ4v) is 4.72. The van der Waals surface area contributed by atoms with E-state index in [0.717, 1.165) is 35.4 Å². The minimum absolute atomic E-state index is 0.140. The first-order valence-corrected chi connectivity index (χ1v) is 9.57. The maximum Gasteiger partial charge on any atom is 0.253 e. The molecular formula is C21H20ClN3O. The minimum Gasteiger partial charge on any atom is -0.338 e. The zero-order valence-corrected chi connectivity index (χ0v) is 15.2. The molecule has 2 atom stereocenters. The first kappa shape index (κ1) is 15.9. The number of aromatic nitrogens is 2. The van der Waals surface area contributed by atoms with Crippen molar-refractivity contribution < 1.29 is 4.79 Å². The molecule has 2 bridgehead atoms. The number of imidazole rings is 1. The molecule has 1 aliphatic carbocycles. The van der Waals surface area contributed by atoms with Crippen molar-refractivity contribution in [3.05, 3.63) is 59.4 Å². The van der Waals surface area contributed by atoms with Gasteiger partial charge in [-0.3, -0.25) is 9.36 Å². The molecule has 1 aromatic heterocycles. The molecule has 2 fully saturated rings. The molecule has 1 saturated carbocycles. The molecule has 3 aromatic rings. The van der Waals surface area contributed by atoms with Crippen LogP contribution in [0.25, 0.3) is 16.7 Å². The van der Waals surface area contributed by atoms with Crippen LogP contribution < -0.4 is 0 Å². The molecule has 1 amide bonds. The summed E-state index contributed by atoms with van der Waals surface area (Å²) in [5, 5.41) is 0.691. The summed E-state index contributed by atoms with van der Waals surface area (Å²) < 4.78 is 2.00. The van der Waals surface area contributed by atoms with E-state index in [-0.39, 0.29) is 5.91 Å². The van der Waals surface area contributed by atoms with Crippen LogP contribution in [0.2, 0.25) is 5.02 Å². The second-order valence-corrected chi connectivity index (χ2v) is 7.99. The van der Waals surface area contributed by atoms with E-state index in [1.165, 1.54) is 19.3 Å². The molecule has 132 valence electrons. The highest BCUT2D eigenvalue weighted by atomic mass is 35.5. The summed E-state index contributed by atoms with van der Waals surface area (Å²) in [6, 6.07) is 13.5. The standard InChI is InChI=1S/C21H20ClN3O/c22-17-2-1-3-18(10-17)25-13-23-19-9-16(6-7-20(19)25)21(26)24-11-14-4-5-15(8-14)12-24/h1-3,6-7,9-10,13-15H,4-5,8,11-12H2. The van der Waals surface area contributed by atoms with Crippen LogP contribution in [0.5, 0.6) is 0 Å². The lowest BCUT2D eigenvalue weighted by molar-refractivity contribution is 0.0662. The Balaban J connectivity index is 1.46. The zero-order valence-electron chi connectivity index (χ0n) is 14.4. The summed E-state index contributed by atoms with van der Waals surface area (Å²) in [5.41, 5.74) is 3.50. The van der Waals surface area contributed by atoms with Crippen molar-refractivity contribution in [2.24, 2.45) is 11.8 Å². The number of fused-ring (bicyclic) bond motifs is 3. The molecule has 26 heavy (non-hydrogen) atoms. The molecule has 2 unspecified atom stereocenters. The second-order valence-electron chi connectivity index (χ2n) is 7.55. The van der Waals surface area contributed by atoms with Crippen LogP contribution >= 0.6 is 11.6 Å². The number of amides is 1. The summed E-state index contributed by atoms with van der Waals surface area (Å²) in [6.45, 7) is 1.81. The molecule has 2 aliphatic rings. The van der Waals surface area contributed by atoms with Gasteiger partial charge in [0.25, 0.3) is 5.91 Å². The molecule has 2 aromatic carbocycles. The van der Waals surface area contributed by atoms with Crippen LogP contribution in [0.3, 0.4) is 0 Å². The smallest absolute Gasteiger partial charge is 0.253 e. The van der Waals surface area contributed by atoms with Gasteiger partial charge in [0.1, 0.15) is 6.33 Å². The molecular weight excluding hydrogens is 346 g/mol. The highest BCUT2D eigenvalue weighted by molar-refractivity contribution is 6.30. The monoisotopic (exact) mass is 365 g/mol. The molecule has 5 rings (SSSR count). The van der Waals surface area contributed by atoms with E-state index in [1.54, 1.807) is 6.33 Å². The first-order valence-electron chi connectivity index (χ1n) is 9.20. The van der Waals surface area contributed by atoms with Gasteiger partial charge in [0, 0.05) is 29.4 Å². The predicted octanol–water partition coefficient (Wildman–Crippen LogP) is 4.55. The third-order valence-corrected chi connectivity index (χ3v) is 6.01. The van der Waals surface area contributed by atoms with Crippen molar-refractivity contribution in [2.45, 2.75) is 19.3 Å². The van der Waals surface area contributed by atoms with Crippen LogP contribution in [0.4, 0.5) is 0 Å². The van der Waals surface area contributed by atoms with E-state index in [1.807, 2.05) is 51.9 Å². The van der Waals surface area contributed by atoms with E-state index in [0.29, 0.717) is 16.9 Å². The Kier molecular flexibility index (Phi) is 3.75. The zero-order chi connectivity index (χ0) is 17.7. The first-order chi connectivity index (χ1) is 12.7. The van der Waals surface area contributed by atoms with Crippen molar-refractivity contribution in [1.82, 2.24) is 14.5 Å². The van der Waals surface area contributed by atoms with Gasteiger partial charge in [-0.2, -0.15) is 0 Å². The van der Waals surface area contributed by atoms with Crippen LogP contribution in [0, 0.1) is 11.8 Å². The van der Waals surface area contributed by atoms with Gasteiger partial charge in [-0.05, 0) is 67.5 Å². The summed E-state index contributed by atoms with van der Waals surface area (Å²) in [4.78, 5) is 19.5. The van der Waals surface area contributed by atoms with Gasteiger partial charge in [0.05, 0.1) is 11.0 Å². The van der Waals surface area contributed by atoms with Crippen molar-refractivity contribution in [3.8, 4) is 5.69 Å². The van der Waals surface area contributed by atoms with Gasteiger partial charge in [0.15, 0.2) is 0 Å². The number of rotatable bonds is 2. The van der Waals surface area contributed by atoms with Gasteiger partial charge >= 0.3 is 0 Å². The normalized spacial score (nSPS) is 22.1. The van der Waals surface area contributed by atoms with Crippen LogP contribution in [-0.4, -0.2) is 33.4 Å². The number of piperidine rings is 1. The lowest BCUT2D eigenvalue weighted by Gasteiger charge is -2.31. The largest absolute Gasteiger partial charge is 0.338 e. The Labute approximate surface area is 157 Å². The van der Waals surface area contributed by atoms with Gasteiger partial charge < -0.3 is 4.90 Å². The fourth-order valence-electron chi connectivity index (χ4n) is 4.53. The number of carbonyl (C=O) groups excluding carboxylic acids is 1. The Hall–Kier alpha value is -2.33. The third-order valence-electron chi connectivity index (χ3n) is 5.77. The molecule has 2 heterocycles. The van der Waals surface area contributed by atoms with E-state index >= 15 is 0 Å².